The van der Waals surface area contributed by atoms with Gasteiger partial charge in [0.1, 0.15) is 5.75 Å². The maximum Gasteiger partial charge on any atom is 0.432 e. The van der Waals surface area contributed by atoms with Gasteiger partial charge in [-0.2, -0.15) is 13.2 Å². The van der Waals surface area contributed by atoms with E-state index in [1.165, 1.54) is 18.2 Å². The van der Waals surface area contributed by atoms with Crippen molar-refractivity contribution in [1.29, 1.82) is 0 Å². The average Bonchev–Trinajstić information content (AvgIpc) is 2.85. The van der Waals surface area contributed by atoms with Crippen LogP contribution in [0.3, 0.4) is 0 Å². The Bertz CT molecular complexity index is 743. The van der Waals surface area contributed by atoms with Crippen molar-refractivity contribution in [1.82, 2.24) is 0 Å². The fourth-order valence-corrected chi connectivity index (χ4v) is 3.59. The molecule has 122 valence electrons. The van der Waals surface area contributed by atoms with Crippen molar-refractivity contribution in [2.75, 3.05) is 0 Å². The fourth-order valence-electron chi connectivity index (χ4n) is 2.72. The number of hydrogen-bond donors (Lipinski definition) is 0. The molecule has 3 rings (SSSR count). The van der Waals surface area contributed by atoms with E-state index in [2.05, 4.69) is 15.9 Å². The molecule has 1 aliphatic heterocycles. The number of hydrogen-bond acceptors (Lipinski definition) is 1. The Morgan fingerprint density at radius 3 is 2.30 bits per heavy atom. The molecule has 1 aliphatic rings. The maximum atomic E-state index is 13.9. The average molecular weight is 426 g/mol. The molecular formula is C16H10BrCl2F3O. The van der Waals surface area contributed by atoms with Crippen molar-refractivity contribution < 1.29 is 17.9 Å². The van der Waals surface area contributed by atoms with Crippen LogP contribution in [0.5, 0.6) is 5.75 Å². The first-order valence-corrected chi connectivity index (χ1v) is 8.53. The van der Waals surface area contributed by atoms with Crippen LogP contribution in [-0.4, -0.2) is 6.18 Å². The van der Waals surface area contributed by atoms with Crippen molar-refractivity contribution in [2.24, 2.45) is 0 Å². The summed E-state index contributed by atoms with van der Waals surface area (Å²) in [5, 5.41) is 0.830. The topological polar surface area (TPSA) is 9.23 Å². The second kappa shape index (κ2) is 5.87. The third-order valence-corrected chi connectivity index (χ3v) is 4.87. The van der Waals surface area contributed by atoms with Crippen LogP contribution >= 0.6 is 39.1 Å². The summed E-state index contributed by atoms with van der Waals surface area (Å²) in [5.74, 6) is 0.225. The number of ether oxygens (including phenoxy) is 1. The van der Waals surface area contributed by atoms with Gasteiger partial charge in [0.15, 0.2) is 0 Å². The molecule has 7 heteroatoms. The highest BCUT2D eigenvalue weighted by Crippen LogP contribution is 2.51. The summed E-state index contributed by atoms with van der Waals surface area (Å²) in [6.07, 6.45) is -4.93. The summed E-state index contributed by atoms with van der Waals surface area (Å²) in [4.78, 5) is 0. The van der Waals surface area contributed by atoms with Gasteiger partial charge in [0.2, 0.25) is 5.60 Å². The van der Waals surface area contributed by atoms with Crippen LogP contribution in [0.2, 0.25) is 10.0 Å². The molecule has 1 heterocycles. The highest BCUT2D eigenvalue weighted by atomic mass is 79.9. The molecule has 1 unspecified atom stereocenters. The molecule has 0 amide bonds. The van der Waals surface area contributed by atoms with E-state index in [1.807, 2.05) is 0 Å². The second-order valence-corrected chi connectivity index (χ2v) is 6.77. The van der Waals surface area contributed by atoms with Crippen LogP contribution < -0.4 is 4.74 Å². The lowest BCUT2D eigenvalue weighted by molar-refractivity contribution is -0.248. The summed E-state index contributed by atoms with van der Waals surface area (Å²) in [6.45, 7) is 0. The minimum absolute atomic E-state index is 0.0981. The lowest BCUT2D eigenvalue weighted by Gasteiger charge is -2.31. The second-order valence-electron chi connectivity index (χ2n) is 5.34. The van der Waals surface area contributed by atoms with E-state index < -0.39 is 11.8 Å². The van der Waals surface area contributed by atoms with Gasteiger partial charge in [-0.3, -0.25) is 0 Å². The molecule has 0 bridgehead atoms. The summed E-state index contributed by atoms with van der Waals surface area (Å²) in [7, 11) is 0. The van der Waals surface area contributed by atoms with E-state index >= 15 is 0 Å². The molecule has 2 aromatic carbocycles. The van der Waals surface area contributed by atoms with Crippen LogP contribution in [-0.2, 0) is 17.4 Å². The Balaban J connectivity index is 2.14. The zero-order valence-corrected chi connectivity index (χ0v) is 14.7. The third-order valence-electron chi connectivity index (χ3n) is 3.79. The fraction of sp³-hybridized carbons (Fsp3) is 0.250. The van der Waals surface area contributed by atoms with Gasteiger partial charge in [-0.05, 0) is 35.4 Å². The lowest BCUT2D eigenvalue weighted by atomic mass is 9.88. The van der Waals surface area contributed by atoms with E-state index in [4.69, 9.17) is 27.9 Å². The van der Waals surface area contributed by atoms with Crippen LogP contribution in [0, 0.1) is 0 Å². The highest BCUT2D eigenvalue weighted by Gasteiger charge is 2.61. The largest absolute Gasteiger partial charge is 0.472 e. The van der Waals surface area contributed by atoms with Gasteiger partial charge in [0, 0.05) is 27.4 Å². The van der Waals surface area contributed by atoms with Crippen molar-refractivity contribution in [3.05, 3.63) is 63.1 Å². The standard InChI is InChI=1S/C16H10BrCl2F3O/c17-8-9-1-2-14-10(3-9)7-15(23-14,16(20,21)22)11-4-12(18)6-13(19)5-11/h1-6H,7-8H2. The quantitative estimate of drug-likeness (QED) is 0.514. The van der Waals surface area contributed by atoms with Gasteiger partial charge in [-0.25, -0.2) is 0 Å². The molecule has 2 aromatic rings. The molecule has 0 saturated heterocycles. The number of benzene rings is 2. The first-order valence-electron chi connectivity index (χ1n) is 6.65. The number of halogens is 6. The van der Waals surface area contributed by atoms with E-state index in [0.29, 0.717) is 10.9 Å². The minimum atomic E-state index is -4.62. The van der Waals surface area contributed by atoms with Gasteiger partial charge in [-0.1, -0.05) is 51.3 Å². The minimum Gasteiger partial charge on any atom is -0.472 e. The van der Waals surface area contributed by atoms with Crippen LogP contribution in [0.4, 0.5) is 13.2 Å². The van der Waals surface area contributed by atoms with Crippen LogP contribution in [0.1, 0.15) is 16.7 Å². The molecule has 0 fully saturated rings. The first kappa shape index (κ1) is 16.9. The predicted molar refractivity (Wildman–Crippen MR) is 87.6 cm³/mol. The Hall–Kier alpha value is -0.910. The lowest BCUT2D eigenvalue weighted by Crippen LogP contribution is -2.46. The molecule has 23 heavy (non-hydrogen) atoms. The molecule has 0 saturated carbocycles. The van der Waals surface area contributed by atoms with E-state index in [0.717, 1.165) is 5.56 Å². The zero-order chi connectivity index (χ0) is 16.8. The monoisotopic (exact) mass is 424 g/mol. The number of fused-ring (bicyclic) bond motifs is 1. The molecule has 0 N–H and O–H groups in total. The summed E-state index contributed by atoms with van der Waals surface area (Å²) in [6, 6.07) is 8.89. The van der Waals surface area contributed by atoms with Gasteiger partial charge in [0.25, 0.3) is 0 Å². The highest BCUT2D eigenvalue weighted by molar-refractivity contribution is 9.08. The SMILES string of the molecule is FC(F)(F)C1(c2cc(Cl)cc(Cl)c2)Cc2cc(CBr)ccc2O1. The van der Waals surface area contributed by atoms with Gasteiger partial charge >= 0.3 is 6.18 Å². The van der Waals surface area contributed by atoms with E-state index in [-0.39, 0.29) is 27.8 Å². The normalized spacial score (nSPS) is 20.3. The third kappa shape index (κ3) is 2.94. The van der Waals surface area contributed by atoms with Crippen molar-refractivity contribution in [3.63, 3.8) is 0 Å². The Morgan fingerprint density at radius 1 is 1.09 bits per heavy atom. The van der Waals surface area contributed by atoms with Crippen molar-refractivity contribution >= 4 is 39.1 Å². The molecule has 1 atom stereocenters. The van der Waals surface area contributed by atoms with Crippen molar-refractivity contribution in [3.8, 4) is 5.75 Å². The molecule has 0 radical (unpaired) electrons. The van der Waals surface area contributed by atoms with E-state index in [1.54, 1.807) is 18.2 Å². The Labute approximate surface area is 149 Å². The molecular weight excluding hydrogens is 416 g/mol. The van der Waals surface area contributed by atoms with Gasteiger partial charge < -0.3 is 4.74 Å². The smallest absolute Gasteiger partial charge is 0.432 e. The number of rotatable bonds is 2. The van der Waals surface area contributed by atoms with Crippen molar-refractivity contribution in [2.45, 2.75) is 23.5 Å². The zero-order valence-electron chi connectivity index (χ0n) is 11.6. The summed E-state index contributed by atoms with van der Waals surface area (Å²) in [5.41, 5.74) is -1.18. The van der Waals surface area contributed by atoms with Gasteiger partial charge in [0.05, 0.1) is 0 Å². The molecule has 0 aromatic heterocycles. The Morgan fingerprint density at radius 2 is 1.74 bits per heavy atom. The van der Waals surface area contributed by atoms with Crippen LogP contribution in [0.15, 0.2) is 36.4 Å². The molecule has 0 aliphatic carbocycles. The van der Waals surface area contributed by atoms with E-state index in [9.17, 15) is 13.2 Å². The molecule has 1 nitrogen and oxygen atoms in total. The van der Waals surface area contributed by atoms with Crippen LogP contribution in [0.25, 0.3) is 0 Å². The maximum absolute atomic E-state index is 13.9. The number of alkyl halides is 4. The summed E-state index contributed by atoms with van der Waals surface area (Å²) >= 11 is 15.1. The molecule has 0 spiro atoms. The predicted octanol–water partition coefficient (Wildman–Crippen LogP) is 6.28. The first-order chi connectivity index (χ1) is 10.7. The summed E-state index contributed by atoms with van der Waals surface area (Å²) < 4.78 is 47.1. The Kier molecular flexibility index (Phi) is 4.32. The van der Waals surface area contributed by atoms with Gasteiger partial charge in [-0.15, -0.1) is 0 Å².